The Morgan fingerprint density at radius 2 is 1.90 bits per heavy atom. The highest BCUT2D eigenvalue weighted by molar-refractivity contribution is 6.30. The highest BCUT2D eigenvalue weighted by Crippen LogP contribution is 2.16. The van der Waals surface area contributed by atoms with Crippen molar-refractivity contribution in [3.8, 4) is 0 Å². The Kier molecular flexibility index (Phi) is 5.74. The molecule has 1 N–H and O–H groups in total. The molecule has 0 bridgehead atoms. The van der Waals surface area contributed by atoms with Crippen molar-refractivity contribution in [2.75, 3.05) is 13.1 Å². The fraction of sp³-hybridized carbons (Fsp3) is 0.353. The molecule has 112 valence electrons. The SMILES string of the molecule is CCN(Cc1ccc(Cl)cn1)CC(O)c1ccc(C)cc1. The normalized spacial score (nSPS) is 12.6. The lowest BCUT2D eigenvalue weighted by molar-refractivity contribution is 0.111. The molecule has 1 unspecified atom stereocenters. The maximum absolute atomic E-state index is 10.4. The fourth-order valence-corrected chi connectivity index (χ4v) is 2.28. The maximum atomic E-state index is 10.4. The lowest BCUT2D eigenvalue weighted by Crippen LogP contribution is -2.28. The third-order valence-corrected chi connectivity index (χ3v) is 3.74. The van der Waals surface area contributed by atoms with Crippen molar-refractivity contribution in [2.24, 2.45) is 0 Å². The predicted molar refractivity (Wildman–Crippen MR) is 86.3 cm³/mol. The average Bonchev–Trinajstić information content (AvgIpc) is 2.49. The smallest absolute Gasteiger partial charge is 0.0917 e. The van der Waals surface area contributed by atoms with Gasteiger partial charge in [-0.05, 0) is 31.2 Å². The summed E-state index contributed by atoms with van der Waals surface area (Å²) in [6.45, 7) is 6.27. The summed E-state index contributed by atoms with van der Waals surface area (Å²) in [5.41, 5.74) is 3.10. The molecule has 3 nitrogen and oxygen atoms in total. The van der Waals surface area contributed by atoms with E-state index in [1.165, 1.54) is 5.56 Å². The number of rotatable bonds is 6. The lowest BCUT2D eigenvalue weighted by Gasteiger charge is -2.23. The van der Waals surface area contributed by atoms with Crippen molar-refractivity contribution >= 4 is 11.6 Å². The Morgan fingerprint density at radius 3 is 2.48 bits per heavy atom. The summed E-state index contributed by atoms with van der Waals surface area (Å²) in [7, 11) is 0. The molecule has 1 heterocycles. The molecule has 0 fully saturated rings. The van der Waals surface area contributed by atoms with E-state index in [1.807, 2.05) is 43.3 Å². The molecule has 2 aromatic rings. The van der Waals surface area contributed by atoms with Gasteiger partial charge in [-0.15, -0.1) is 0 Å². The van der Waals surface area contributed by atoms with Crippen molar-refractivity contribution in [1.29, 1.82) is 0 Å². The Morgan fingerprint density at radius 1 is 1.19 bits per heavy atom. The molecule has 1 aromatic heterocycles. The van der Waals surface area contributed by atoms with Gasteiger partial charge in [-0.3, -0.25) is 9.88 Å². The second kappa shape index (κ2) is 7.55. The summed E-state index contributed by atoms with van der Waals surface area (Å²) in [4.78, 5) is 6.47. The van der Waals surface area contributed by atoms with Gasteiger partial charge in [0.25, 0.3) is 0 Å². The molecule has 0 aliphatic rings. The number of aromatic nitrogens is 1. The van der Waals surface area contributed by atoms with E-state index in [9.17, 15) is 5.11 Å². The average molecular weight is 305 g/mol. The number of benzene rings is 1. The van der Waals surface area contributed by atoms with Crippen LogP contribution in [0.2, 0.25) is 5.02 Å². The number of pyridine rings is 1. The minimum atomic E-state index is -0.488. The van der Waals surface area contributed by atoms with Gasteiger partial charge in [0.15, 0.2) is 0 Å². The molecular weight excluding hydrogens is 284 g/mol. The predicted octanol–water partition coefficient (Wildman–Crippen LogP) is 3.60. The van der Waals surface area contributed by atoms with E-state index in [4.69, 9.17) is 11.6 Å². The van der Waals surface area contributed by atoms with Gasteiger partial charge in [0, 0.05) is 19.3 Å². The summed E-state index contributed by atoms with van der Waals surface area (Å²) in [6.07, 6.45) is 1.17. The first-order valence-corrected chi connectivity index (χ1v) is 7.53. The number of hydrogen-bond acceptors (Lipinski definition) is 3. The highest BCUT2D eigenvalue weighted by atomic mass is 35.5. The minimum absolute atomic E-state index is 0.488. The van der Waals surface area contributed by atoms with Crippen LogP contribution >= 0.6 is 11.6 Å². The largest absolute Gasteiger partial charge is 0.387 e. The standard InChI is InChI=1S/C17H21ClN2O/c1-3-20(11-16-9-8-15(18)10-19-16)12-17(21)14-6-4-13(2)5-7-14/h4-10,17,21H,3,11-12H2,1-2H3. The van der Waals surface area contributed by atoms with E-state index in [0.717, 1.165) is 17.8 Å². The first-order chi connectivity index (χ1) is 10.1. The molecule has 1 aromatic carbocycles. The Labute approximate surface area is 131 Å². The van der Waals surface area contributed by atoms with Crippen molar-refractivity contribution in [2.45, 2.75) is 26.5 Å². The number of aliphatic hydroxyl groups excluding tert-OH is 1. The summed E-state index contributed by atoms with van der Waals surface area (Å²) in [5, 5.41) is 11.0. The molecular formula is C17H21ClN2O. The summed E-state index contributed by atoms with van der Waals surface area (Å²) in [5.74, 6) is 0. The number of aryl methyl sites for hydroxylation is 1. The first kappa shape index (κ1) is 16.0. The summed E-state index contributed by atoms with van der Waals surface area (Å²) < 4.78 is 0. The molecule has 0 aliphatic carbocycles. The Hall–Kier alpha value is -1.42. The monoisotopic (exact) mass is 304 g/mol. The van der Waals surface area contributed by atoms with Crippen LogP contribution in [0.25, 0.3) is 0 Å². The molecule has 0 spiro atoms. The zero-order valence-corrected chi connectivity index (χ0v) is 13.2. The van der Waals surface area contributed by atoms with Crippen LogP contribution in [-0.2, 0) is 6.54 Å². The van der Waals surface area contributed by atoms with E-state index < -0.39 is 6.10 Å². The molecule has 2 rings (SSSR count). The van der Waals surface area contributed by atoms with E-state index in [1.54, 1.807) is 6.20 Å². The van der Waals surface area contributed by atoms with Gasteiger partial charge in [-0.2, -0.15) is 0 Å². The van der Waals surface area contributed by atoms with Crippen molar-refractivity contribution < 1.29 is 5.11 Å². The van der Waals surface area contributed by atoms with Gasteiger partial charge in [-0.1, -0.05) is 48.4 Å². The Balaban J connectivity index is 1.98. The second-order valence-electron chi connectivity index (χ2n) is 5.22. The van der Waals surface area contributed by atoms with Crippen LogP contribution in [0.3, 0.4) is 0 Å². The highest BCUT2D eigenvalue weighted by Gasteiger charge is 2.13. The van der Waals surface area contributed by atoms with Crippen LogP contribution in [0.4, 0.5) is 0 Å². The van der Waals surface area contributed by atoms with Gasteiger partial charge in [0.2, 0.25) is 0 Å². The number of likely N-dealkylation sites (N-methyl/N-ethyl adjacent to an activating group) is 1. The molecule has 21 heavy (non-hydrogen) atoms. The zero-order chi connectivity index (χ0) is 15.2. The van der Waals surface area contributed by atoms with Crippen molar-refractivity contribution in [1.82, 2.24) is 9.88 Å². The van der Waals surface area contributed by atoms with Crippen LogP contribution < -0.4 is 0 Å². The third kappa shape index (κ3) is 4.81. The van der Waals surface area contributed by atoms with Crippen LogP contribution in [0.5, 0.6) is 0 Å². The first-order valence-electron chi connectivity index (χ1n) is 7.16. The molecule has 0 amide bonds. The van der Waals surface area contributed by atoms with E-state index in [-0.39, 0.29) is 0 Å². The number of halogens is 1. The maximum Gasteiger partial charge on any atom is 0.0917 e. The van der Waals surface area contributed by atoms with Gasteiger partial charge in [-0.25, -0.2) is 0 Å². The van der Waals surface area contributed by atoms with Gasteiger partial charge in [0.1, 0.15) is 0 Å². The van der Waals surface area contributed by atoms with Crippen molar-refractivity contribution in [3.63, 3.8) is 0 Å². The van der Waals surface area contributed by atoms with E-state index >= 15 is 0 Å². The van der Waals surface area contributed by atoms with E-state index in [2.05, 4.69) is 16.8 Å². The molecule has 1 atom stereocenters. The van der Waals surface area contributed by atoms with Crippen LogP contribution in [0.1, 0.15) is 29.8 Å². The topological polar surface area (TPSA) is 36.4 Å². The summed E-state index contributed by atoms with van der Waals surface area (Å²) >= 11 is 5.84. The van der Waals surface area contributed by atoms with Gasteiger partial charge in [0.05, 0.1) is 16.8 Å². The molecule has 4 heteroatoms. The zero-order valence-electron chi connectivity index (χ0n) is 12.5. The molecule has 0 aliphatic heterocycles. The molecule has 0 saturated carbocycles. The number of nitrogens with zero attached hydrogens (tertiary/aromatic N) is 2. The minimum Gasteiger partial charge on any atom is -0.387 e. The molecule has 0 saturated heterocycles. The lowest BCUT2D eigenvalue weighted by atomic mass is 10.1. The Bertz CT molecular complexity index is 554. The number of aliphatic hydroxyl groups is 1. The van der Waals surface area contributed by atoms with Crippen LogP contribution in [0, 0.1) is 6.92 Å². The van der Waals surface area contributed by atoms with Gasteiger partial charge < -0.3 is 5.11 Å². The molecule has 0 radical (unpaired) electrons. The van der Waals surface area contributed by atoms with E-state index in [0.29, 0.717) is 18.1 Å². The van der Waals surface area contributed by atoms with Crippen LogP contribution in [-0.4, -0.2) is 28.1 Å². The third-order valence-electron chi connectivity index (χ3n) is 3.51. The fourth-order valence-electron chi connectivity index (χ4n) is 2.17. The number of hydrogen-bond donors (Lipinski definition) is 1. The second-order valence-corrected chi connectivity index (χ2v) is 5.66. The van der Waals surface area contributed by atoms with Gasteiger partial charge >= 0.3 is 0 Å². The summed E-state index contributed by atoms with van der Waals surface area (Å²) in [6, 6.07) is 11.8. The van der Waals surface area contributed by atoms with Crippen LogP contribution in [0.15, 0.2) is 42.6 Å². The quantitative estimate of drug-likeness (QED) is 0.886. The van der Waals surface area contributed by atoms with Crippen molar-refractivity contribution in [3.05, 3.63) is 64.4 Å².